The summed E-state index contributed by atoms with van der Waals surface area (Å²) in [6, 6.07) is 58.4. The molecule has 0 aliphatic carbocycles. The Labute approximate surface area is 289 Å². The molecule has 10 rings (SSSR count). The summed E-state index contributed by atoms with van der Waals surface area (Å²) in [6.07, 6.45) is 5.68. The van der Waals surface area contributed by atoms with Crippen LogP contribution < -0.4 is 0 Å². The first-order valence-corrected chi connectivity index (χ1v) is 16.9. The molecule has 0 fully saturated rings. The second-order valence-electron chi connectivity index (χ2n) is 12.7. The van der Waals surface area contributed by atoms with E-state index in [2.05, 4.69) is 172 Å². The average Bonchev–Trinajstić information content (AvgIpc) is 3.71. The summed E-state index contributed by atoms with van der Waals surface area (Å²) in [5, 5.41) is 5.03. The van der Waals surface area contributed by atoms with E-state index in [4.69, 9.17) is 4.98 Å². The molecule has 4 nitrogen and oxygen atoms in total. The number of hydrogen-bond acceptors (Lipinski definition) is 2. The van der Waals surface area contributed by atoms with Gasteiger partial charge < -0.3 is 9.13 Å². The first-order chi connectivity index (χ1) is 24.8. The van der Waals surface area contributed by atoms with Gasteiger partial charge in [0.1, 0.15) is 0 Å². The minimum absolute atomic E-state index is 0.927. The van der Waals surface area contributed by atoms with Gasteiger partial charge in [-0.25, -0.2) is 0 Å². The molecule has 0 N–H and O–H groups in total. The number of benzene rings is 6. The van der Waals surface area contributed by atoms with Crippen molar-refractivity contribution in [2.75, 3.05) is 0 Å². The van der Waals surface area contributed by atoms with Gasteiger partial charge in [-0.15, -0.1) is 0 Å². The van der Waals surface area contributed by atoms with E-state index in [1.807, 2.05) is 24.7 Å². The van der Waals surface area contributed by atoms with Gasteiger partial charge in [-0.05, 0) is 71.8 Å². The van der Waals surface area contributed by atoms with Crippen LogP contribution in [0.5, 0.6) is 0 Å². The van der Waals surface area contributed by atoms with Gasteiger partial charge in [0.05, 0.1) is 27.8 Å². The Bertz CT molecular complexity index is 2560. The number of nitrogens with zero attached hydrogens (tertiary/aromatic N) is 4. The van der Waals surface area contributed by atoms with E-state index < -0.39 is 0 Å². The van der Waals surface area contributed by atoms with Gasteiger partial charge in [-0.1, -0.05) is 103 Å². The number of hydrogen-bond donors (Lipinski definition) is 0. The lowest BCUT2D eigenvalue weighted by Crippen LogP contribution is -1.97. The maximum atomic E-state index is 4.99. The topological polar surface area (TPSA) is 35.6 Å². The highest BCUT2D eigenvalue weighted by Gasteiger charge is 2.18. The monoisotopic (exact) mass is 638 g/mol. The molecular weight excluding hydrogens is 609 g/mol. The van der Waals surface area contributed by atoms with Crippen molar-refractivity contribution >= 4 is 43.6 Å². The van der Waals surface area contributed by atoms with Crippen molar-refractivity contribution in [2.24, 2.45) is 0 Å². The van der Waals surface area contributed by atoms with E-state index in [-0.39, 0.29) is 0 Å². The predicted molar refractivity (Wildman–Crippen MR) is 207 cm³/mol. The molecule has 0 saturated heterocycles. The molecule has 6 aromatic carbocycles. The summed E-state index contributed by atoms with van der Waals surface area (Å²) in [7, 11) is 0. The van der Waals surface area contributed by atoms with Gasteiger partial charge in [0.15, 0.2) is 0 Å². The number of aromatic nitrogens is 4. The third kappa shape index (κ3) is 4.39. The van der Waals surface area contributed by atoms with Crippen molar-refractivity contribution in [3.8, 4) is 44.9 Å². The van der Waals surface area contributed by atoms with Gasteiger partial charge in [0.25, 0.3) is 0 Å². The van der Waals surface area contributed by atoms with E-state index in [0.29, 0.717) is 0 Å². The third-order valence-corrected chi connectivity index (χ3v) is 9.90. The van der Waals surface area contributed by atoms with E-state index in [9.17, 15) is 0 Å². The Morgan fingerprint density at radius 2 is 0.820 bits per heavy atom. The third-order valence-electron chi connectivity index (χ3n) is 9.90. The molecule has 0 bridgehead atoms. The molecule has 0 spiro atoms. The molecule has 0 atom stereocenters. The molecule has 4 aromatic heterocycles. The van der Waals surface area contributed by atoms with E-state index in [1.54, 1.807) is 0 Å². The zero-order chi connectivity index (χ0) is 33.0. The molecule has 0 saturated carbocycles. The van der Waals surface area contributed by atoms with Crippen molar-refractivity contribution in [2.45, 2.75) is 0 Å². The Kier molecular flexibility index (Phi) is 6.46. The molecule has 0 radical (unpaired) electrons. The summed E-state index contributed by atoms with van der Waals surface area (Å²) >= 11 is 0. The standard InChI is InChI=1S/C46H30N4/c1-5-15-41-37(11-1)38-12-2-6-16-42(38)49(41)34-23-19-31(20-24-34)36-27-29-48-46(45(36)33-10-9-28-47-30-33)32-21-25-35(26-22-32)50-43-17-7-3-13-39(43)40-14-4-8-18-44(40)50/h1-30H. The molecule has 4 heteroatoms. The van der Waals surface area contributed by atoms with Gasteiger partial charge in [-0.2, -0.15) is 0 Å². The van der Waals surface area contributed by atoms with Crippen molar-refractivity contribution in [1.29, 1.82) is 0 Å². The van der Waals surface area contributed by atoms with Gasteiger partial charge in [0, 0.05) is 68.2 Å². The van der Waals surface area contributed by atoms with E-state index >= 15 is 0 Å². The second-order valence-corrected chi connectivity index (χ2v) is 12.7. The fraction of sp³-hybridized carbons (Fsp3) is 0. The highest BCUT2D eigenvalue weighted by molar-refractivity contribution is 6.10. The number of fused-ring (bicyclic) bond motifs is 6. The summed E-state index contributed by atoms with van der Waals surface area (Å²) in [4.78, 5) is 9.50. The molecule has 0 unspecified atom stereocenters. The fourth-order valence-electron chi connectivity index (χ4n) is 7.68. The van der Waals surface area contributed by atoms with Crippen LogP contribution in [0.15, 0.2) is 182 Å². The first kappa shape index (κ1) is 28.3. The SMILES string of the molecule is c1cncc(-c2c(-c3ccc(-n4c5ccccc5c5ccccc54)cc3)ccnc2-c2ccc(-n3c4ccccc4c4ccccc43)cc2)c1. The minimum atomic E-state index is 0.927. The van der Waals surface area contributed by atoms with Crippen LogP contribution in [-0.4, -0.2) is 19.1 Å². The summed E-state index contributed by atoms with van der Waals surface area (Å²) in [5.74, 6) is 0. The molecule has 50 heavy (non-hydrogen) atoms. The lowest BCUT2D eigenvalue weighted by Gasteiger charge is -2.16. The van der Waals surface area contributed by atoms with Crippen LogP contribution >= 0.6 is 0 Å². The smallest absolute Gasteiger partial charge is 0.0787 e. The number of para-hydroxylation sites is 4. The predicted octanol–water partition coefficient (Wildman–Crippen LogP) is 11.7. The summed E-state index contributed by atoms with van der Waals surface area (Å²) in [6.45, 7) is 0. The van der Waals surface area contributed by atoms with Crippen LogP contribution in [0.2, 0.25) is 0 Å². The fourth-order valence-corrected chi connectivity index (χ4v) is 7.68. The zero-order valence-electron chi connectivity index (χ0n) is 27.1. The molecular formula is C46H30N4. The van der Waals surface area contributed by atoms with Crippen LogP contribution in [0, 0.1) is 0 Å². The quantitative estimate of drug-likeness (QED) is 0.188. The Morgan fingerprint density at radius 1 is 0.360 bits per heavy atom. The maximum Gasteiger partial charge on any atom is 0.0787 e. The second kappa shape index (κ2) is 11.4. The molecule has 0 amide bonds. The van der Waals surface area contributed by atoms with Crippen molar-refractivity contribution in [3.63, 3.8) is 0 Å². The van der Waals surface area contributed by atoms with Crippen molar-refractivity contribution in [1.82, 2.24) is 19.1 Å². The molecule has 234 valence electrons. The van der Waals surface area contributed by atoms with Crippen molar-refractivity contribution < 1.29 is 0 Å². The summed E-state index contributed by atoms with van der Waals surface area (Å²) < 4.78 is 4.70. The van der Waals surface area contributed by atoms with Gasteiger partial charge in [0.2, 0.25) is 0 Å². The number of pyridine rings is 2. The number of rotatable bonds is 5. The summed E-state index contributed by atoms with van der Waals surface area (Å²) in [5.41, 5.74) is 13.4. The lowest BCUT2D eigenvalue weighted by molar-refractivity contribution is 1.18. The molecule has 0 aliphatic rings. The van der Waals surface area contributed by atoms with Crippen LogP contribution in [0.3, 0.4) is 0 Å². The lowest BCUT2D eigenvalue weighted by atomic mass is 9.92. The molecule has 4 heterocycles. The Morgan fingerprint density at radius 3 is 1.28 bits per heavy atom. The Hall–Kier alpha value is -6.78. The minimum Gasteiger partial charge on any atom is -0.309 e. The van der Waals surface area contributed by atoms with Crippen LogP contribution in [0.4, 0.5) is 0 Å². The largest absolute Gasteiger partial charge is 0.309 e. The normalized spacial score (nSPS) is 11.6. The van der Waals surface area contributed by atoms with Crippen LogP contribution in [-0.2, 0) is 0 Å². The zero-order valence-corrected chi connectivity index (χ0v) is 27.1. The molecule has 0 aliphatic heterocycles. The Balaban J connectivity index is 1.10. The maximum absolute atomic E-state index is 4.99. The molecule has 10 aromatic rings. The van der Waals surface area contributed by atoms with E-state index in [0.717, 1.165) is 44.9 Å². The van der Waals surface area contributed by atoms with Gasteiger partial charge >= 0.3 is 0 Å². The van der Waals surface area contributed by atoms with Crippen molar-refractivity contribution in [3.05, 3.63) is 182 Å². The average molecular weight is 639 g/mol. The highest BCUT2D eigenvalue weighted by atomic mass is 15.0. The highest BCUT2D eigenvalue weighted by Crippen LogP contribution is 2.40. The van der Waals surface area contributed by atoms with Gasteiger partial charge in [-0.3, -0.25) is 9.97 Å². The van der Waals surface area contributed by atoms with E-state index in [1.165, 1.54) is 43.6 Å². The van der Waals surface area contributed by atoms with Crippen LogP contribution in [0.25, 0.3) is 88.5 Å². The van der Waals surface area contributed by atoms with Crippen LogP contribution in [0.1, 0.15) is 0 Å². The first-order valence-electron chi connectivity index (χ1n) is 16.9.